The molecule has 0 fully saturated rings. The van der Waals surface area contributed by atoms with Crippen LogP contribution in [0.25, 0.3) is 0 Å². The molecular weight excluding hydrogens is 266 g/mol. The Labute approximate surface area is 114 Å². The summed E-state index contributed by atoms with van der Waals surface area (Å²) < 4.78 is 32.7. The van der Waals surface area contributed by atoms with Crippen molar-refractivity contribution in [1.82, 2.24) is 0 Å². The van der Waals surface area contributed by atoms with Crippen molar-refractivity contribution in [3.63, 3.8) is 0 Å². The molecule has 0 amide bonds. The largest absolute Gasteiger partial charge is 0.548 e. The highest BCUT2D eigenvalue weighted by molar-refractivity contribution is 5.65. The zero-order valence-corrected chi connectivity index (χ0v) is 10.4. The molecule has 0 aromatic heterocycles. The number of aliphatic carboxylic acids is 1. The van der Waals surface area contributed by atoms with E-state index in [1.165, 1.54) is 36.4 Å². The smallest absolute Gasteiger partial charge is 0.129 e. The molecule has 0 heterocycles. The van der Waals surface area contributed by atoms with E-state index in [2.05, 4.69) is 0 Å². The molecule has 0 aliphatic rings. The Bertz CT molecular complexity index is 568. The van der Waals surface area contributed by atoms with Gasteiger partial charge in [-0.05, 0) is 12.1 Å². The highest BCUT2D eigenvalue weighted by Crippen LogP contribution is 2.29. The first kappa shape index (κ1) is 14.1. The topological polar surface area (TPSA) is 49.4 Å². The summed E-state index contributed by atoms with van der Waals surface area (Å²) in [6, 6.07) is 11.3. The predicted molar refractivity (Wildman–Crippen MR) is 65.6 cm³/mol. The van der Waals surface area contributed by atoms with E-state index in [0.717, 1.165) is 0 Å². The Kier molecular flexibility index (Phi) is 4.42. The van der Waals surface area contributed by atoms with Crippen LogP contribution in [0.4, 0.5) is 8.78 Å². The normalized spacial score (nSPS) is 10.8. The number of hydrogen-bond donors (Lipinski definition) is 0. The molecule has 5 heteroatoms. The Morgan fingerprint density at radius 1 is 1.00 bits per heavy atom. The second-order valence-electron chi connectivity index (χ2n) is 4.11. The zero-order chi connectivity index (χ0) is 14.5. The molecule has 3 nitrogen and oxygen atoms in total. The van der Waals surface area contributed by atoms with Gasteiger partial charge < -0.3 is 14.6 Å². The Morgan fingerprint density at radius 3 is 1.85 bits per heavy atom. The van der Waals surface area contributed by atoms with Crippen LogP contribution in [0, 0.1) is 11.6 Å². The maximum atomic E-state index is 13.8. The molecular formula is C15H11F2O3-. The van der Waals surface area contributed by atoms with E-state index in [1.807, 2.05) is 0 Å². The lowest BCUT2D eigenvalue weighted by atomic mass is 10.0. The zero-order valence-electron chi connectivity index (χ0n) is 10.4. The van der Waals surface area contributed by atoms with Crippen LogP contribution >= 0.6 is 0 Å². The van der Waals surface area contributed by atoms with Crippen LogP contribution in [0.3, 0.4) is 0 Å². The molecule has 0 atom stereocenters. The summed E-state index contributed by atoms with van der Waals surface area (Å²) in [5, 5.41) is 10.5. The molecule has 20 heavy (non-hydrogen) atoms. The number of carbonyl (C=O) groups excluding carboxylic acids is 1. The maximum absolute atomic E-state index is 13.8. The first-order chi connectivity index (χ1) is 9.59. The van der Waals surface area contributed by atoms with E-state index in [1.54, 1.807) is 12.1 Å². The summed E-state index contributed by atoms with van der Waals surface area (Å²) >= 11 is 0. The minimum absolute atomic E-state index is 0.0684. The van der Waals surface area contributed by atoms with Gasteiger partial charge in [-0.1, -0.05) is 36.4 Å². The highest BCUT2D eigenvalue weighted by Gasteiger charge is 2.21. The maximum Gasteiger partial charge on any atom is 0.129 e. The Morgan fingerprint density at radius 2 is 1.45 bits per heavy atom. The van der Waals surface area contributed by atoms with Gasteiger partial charge in [0.25, 0.3) is 0 Å². The second-order valence-corrected chi connectivity index (χ2v) is 4.11. The molecule has 2 rings (SSSR count). The summed E-state index contributed by atoms with van der Waals surface area (Å²) in [5.41, 5.74) is 0.137. The summed E-state index contributed by atoms with van der Waals surface area (Å²) in [7, 11) is 0. The third kappa shape index (κ3) is 3.19. The summed E-state index contributed by atoms with van der Waals surface area (Å²) in [4.78, 5) is 10.5. The number of hydrogen-bond acceptors (Lipinski definition) is 3. The molecule has 0 aliphatic heterocycles. The van der Waals surface area contributed by atoms with Gasteiger partial charge in [-0.3, -0.25) is 0 Å². The van der Waals surface area contributed by atoms with Crippen molar-refractivity contribution in [3.05, 3.63) is 71.3 Å². The van der Waals surface area contributed by atoms with E-state index in [0.29, 0.717) is 0 Å². The molecule has 0 spiro atoms. The molecule has 0 unspecified atom stereocenters. The Balaban J connectivity index is 2.42. The lowest BCUT2D eigenvalue weighted by Gasteiger charge is -2.20. The number of rotatable bonds is 5. The number of carbonyl (C=O) groups is 1. The summed E-state index contributed by atoms with van der Waals surface area (Å²) in [6.07, 6.45) is -1.14. The molecule has 0 saturated carbocycles. The number of ether oxygens (including phenoxy) is 1. The highest BCUT2D eigenvalue weighted by atomic mass is 19.1. The van der Waals surface area contributed by atoms with Crippen LogP contribution < -0.4 is 5.11 Å². The fraction of sp³-hybridized carbons (Fsp3) is 0.133. The minimum Gasteiger partial charge on any atom is -0.548 e. The third-order valence-electron chi connectivity index (χ3n) is 2.74. The van der Waals surface area contributed by atoms with Crippen LogP contribution in [-0.4, -0.2) is 12.6 Å². The van der Waals surface area contributed by atoms with Crippen LogP contribution in [0.1, 0.15) is 17.2 Å². The van der Waals surface area contributed by atoms with Gasteiger partial charge in [-0.2, -0.15) is 0 Å². The van der Waals surface area contributed by atoms with Crippen molar-refractivity contribution in [2.75, 3.05) is 6.61 Å². The number of carboxylic acids is 1. The van der Waals surface area contributed by atoms with Crippen molar-refractivity contribution < 1.29 is 23.4 Å². The molecule has 0 aliphatic carbocycles. The quantitative estimate of drug-likeness (QED) is 0.837. The molecule has 0 bridgehead atoms. The SMILES string of the molecule is O=C([O-])COC(c1ccccc1F)c1ccccc1F. The van der Waals surface area contributed by atoms with Crippen molar-refractivity contribution in [2.45, 2.75) is 6.10 Å². The van der Waals surface area contributed by atoms with Gasteiger partial charge in [-0.25, -0.2) is 8.78 Å². The average molecular weight is 277 g/mol. The van der Waals surface area contributed by atoms with E-state index in [9.17, 15) is 18.7 Å². The number of halogens is 2. The van der Waals surface area contributed by atoms with E-state index in [4.69, 9.17) is 4.74 Å². The van der Waals surface area contributed by atoms with Crippen molar-refractivity contribution in [2.24, 2.45) is 0 Å². The molecule has 2 aromatic rings. The van der Waals surface area contributed by atoms with Crippen LogP contribution in [0.2, 0.25) is 0 Å². The fourth-order valence-electron chi connectivity index (χ4n) is 1.87. The molecule has 104 valence electrons. The molecule has 0 N–H and O–H groups in total. The van der Waals surface area contributed by atoms with Crippen LogP contribution in [0.5, 0.6) is 0 Å². The summed E-state index contributed by atoms with van der Waals surface area (Å²) in [5.74, 6) is -2.65. The third-order valence-corrected chi connectivity index (χ3v) is 2.74. The number of benzene rings is 2. The molecule has 2 aromatic carbocycles. The monoisotopic (exact) mass is 277 g/mol. The van der Waals surface area contributed by atoms with Gasteiger partial charge in [0.05, 0.1) is 12.6 Å². The van der Waals surface area contributed by atoms with Crippen LogP contribution in [0.15, 0.2) is 48.5 Å². The van der Waals surface area contributed by atoms with Gasteiger partial charge in [0.15, 0.2) is 0 Å². The second kappa shape index (κ2) is 6.25. The van der Waals surface area contributed by atoms with Crippen molar-refractivity contribution in [1.29, 1.82) is 0 Å². The fourth-order valence-corrected chi connectivity index (χ4v) is 1.87. The first-order valence-corrected chi connectivity index (χ1v) is 5.90. The van der Waals surface area contributed by atoms with Gasteiger partial charge in [0.2, 0.25) is 0 Å². The van der Waals surface area contributed by atoms with Crippen molar-refractivity contribution >= 4 is 5.97 Å². The van der Waals surface area contributed by atoms with E-state index in [-0.39, 0.29) is 11.1 Å². The van der Waals surface area contributed by atoms with Crippen LogP contribution in [-0.2, 0) is 9.53 Å². The average Bonchev–Trinajstić information content (AvgIpc) is 2.42. The van der Waals surface area contributed by atoms with E-state index >= 15 is 0 Å². The van der Waals surface area contributed by atoms with Gasteiger partial charge >= 0.3 is 0 Å². The minimum atomic E-state index is -1.46. The first-order valence-electron chi connectivity index (χ1n) is 5.90. The van der Waals surface area contributed by atoms with Gasteiger partial charge in [0.1, 0.15) is 17.7 Å². The van der Waals surface area contributed by atoms with E-state index < -0.39 is 30.3 Å². The Hall–Kier alpha value is -2.27. The molecule has 0 saturated heterocycles. The standard InChI is InChI=1S/C15H12F2O3/c16-12-7-3-1-5-10(12)15(20-9-14(18)19)11-6-2-4-8-13(11)17/h1-8,15H,9H2,(H,18,19)/p-1. The van der Waals surface area contributed by atoms with Gasteiger partial charge in [-0.15, -0.1) is 0 Å². The molecule has 0 radical (unpaired) electrons. The lowest BCUT2D eigenvalue weighted by Crippen LogP contribution is -2.29. The number of carboxylic acid groups (broad SMARTS) is 1. The predicted octanol–water partition coefficient (Wildman–Crippen LogP) is 1.82. The lowest BCUT2D eigenvalue weighted by molar-refractivity contribution is -0.310. The summed E-state index contributed by atoms with van der Waals surface area (Å²) in [6.45, 7) is -0.757. The van der Waals surface area contributed by atoms with Crippen molar-refractivity contribution in [3.8, 4) is 0 Å². The van der Waals surface area contributed by atoms with Gasteiger partial charge in [0, 0.05) is 11.1 Å².